The number of hydrogen-bond acceptors (Lipinski definition) is 3. The Balaban J connectivity index is 1.76. The standard InChI is InChI=1S/C13H26N2S/c1-3-13-12-9-14-8-11(12)10-15(13)6-5-7-16-4-2/h11-14H,3-10H2,1-2H3. The third-order valence-corrected chi connectivity index (χ3v) is 5.17. The van der Waals surface area contributed by atoms with Gasteiger partial charge in [0.1, 0.15) is 0 Å². The molecule has 0 aliphatic carbocycles. The van der Waals surface area contributed by atoms with Crippen LogP contribution in [-0.4, -0.2) is 48.6 Å². The van der Waals surface area contributed by atoms with Crippen LogP contribution in [0.1, 0.15) is 26.7 Å². The van der Waals surface area contributed by atoms with Crippen molar-refractivity contribution in [3.63, 3.8) is 0 Å². The van der Waals surface area contributed by atoms with E-state index in [0.717, 1.165) is 17.9 Å². The predicted molar refractivity (Wildman–Crippen MR) is 73.1 cm³/mol. The largest absolute Gasteiger partial charge is 0.316 e. The summed E-state index contributed by atoms with van der Waals surface area (Å²) in [6.45, 7) is 9.83. The van der Waals surface area contributed by atoms with Crippen LogP contribution in [0.2, 0.25) is 0 Å². The fourth-order valence-corrected chi connectivity index (χ4v) is 4.06. The normalized spacial score (nSPS) is 34.5. The molecule has 16 heavy (non-hydrogen) atoms. The van der Waals surface area contributed by atoms with Gasteiger partial charge in [0.15, 0.2) is 0 Å². The smallest absolute Gasteiger partial charge is 0.0137 e. The van der Waals surface area contributed by atoms with E-state index in [1.54, 1.807) is 0 Å². The molecule has 2 nitrogen and oxygen atoms in total. The SMILES string of the molecule is CCSCCCN1CC2CNCC2C1CC. The summed E-state index contributed by atoms with van der Waals surface area (Å²) in [5, 5.41) is 3.55. The fraction of sp³-hybridized carbons (Fsp3) is 1.00. The number of rotatable bonds is 6. The van der Waals surface area contributed by atoms with Gasteiger partial charge in [-0.25, -0.2) is 0 Å². The molecular weight excluding hydrogens is 216 g/mol. The van der Waals surface area contributed by atoms with E-state index < -0.39 is 0 Å². The average molecular weight is 242 g/mol. The first kappa shape index (κ1) is 12.7. The maximum Gasteiger partial charge on any atom is 0.0137 e. The van der Waals surface area contributed by atoms with Gasteiger partial charge in [-0.2, -0.15) is 11.8 Å². The van der Waals surface area contributed by atoms with Gasteiger partial charge in [-0.05, 0) is 55.8 Å². The molecule has 3 atom stereocenters. The zero-order valence-electron chi connectivity index (χ0n) is 10.7. The van der Waals surface area contributed by atoms with Crippen molar-refractivity contribution in [3.05, 3.63) is 0 Å². The van der Waals surface area contributed by atoms with Gasteiger partial charge in [-0.1, -0.05) is 13.8 Å². The van der Waals surface area contributed by atoms with Gasteiger partial charge in [0.05, 0.1) is 0 Å². The van der Waals surface area contributed by atoms with Crippen molar-refractivity contribution >= 4 is 11.8 Å². The molecule has 0 aromatic rings. The minimum atomic E-state index is 0.867. The zero-order valence-corrected chi connectivity index (χ0v) is 11.6. The second-order valence-corrected chi connectivity index (χ2v) is 6.50. The van der Waals surface area contributed by atoms with E-state index in [1.807, 2.05) is 0 Å². The van der Waals surface area contributed by atoms with E-state index >= 15 is 0 Å². The first-order chi connectivity index (χ1) is 7.86. The monoisotopic (exact) mass is 242 g/mol. The van der Waals surface area contributed by atoms with Crippen LogP contribution in [0.25, 0.3) is 0 Å². The first-order valence-electron chi connectivity index (χ1n) is 6.89. The van der Waals surface area contributed by atoms with Crippen LogP contribution in [0.4, 0.5) is 0 Å². The number of fused-ring (bicyclic) bond motifs is 1. The van der Waals surface area contributed by atoms with Gasteiger partial charge in [0.25, 0.3) is 0 Å². The maximum absolute atomic E-state index is 3.55. The first-order valence-corrected chi connectivity index (χ1v) is 8.04. The Bertz CT molecular complexity index is 210. The van der Waals surface area contributed by atoms with Crippen LogP contribution >= 0.6 is 11.8 Å². The van der Waals surface area contributed by atoms with Crippen molar-refractivity contribution in [3.8, 4) is 0 Å². The minimum absolute atomic E-state index is 0.867. The summed E-state index contributed by atoms with van der Waals surface area (Å²) in [6, 6.07) is 0.867. The minimum Gasteiger partial charge on any atom is -0.316 e. The third kappa shape index (κ3) is 2.74. The maximum atomic E-state index is 3.55. The Morgan fingerprint density at radius 3 is 2.94 bits per heavy atom. The Morgan fingerprint density at radius 2 is 2.19 bits per heavy atom. The molecule has 0 aromatic heterocycles. The molecule has 2 heterocycles. The topological polar surface area (TPSA) is 15.3 Å². The molecule has 0 aromatic carbocycles. The Kier molecular flexibility index (Phi) is 4.98. The molecule has 3 heteroatoms. The summed E-state index contributed by atoms with van der Waals surface area (Å²) >= 11 is 2.08. The van der Waals surface area contributed by atoms with Crippen LogP contribution in [0, 0.1) is 11.8 Å². The number of nitrogens with one attached hydrogen (secondary N) is 1. The average Bonchev–Trinajstić information content (AvgIpc) is 2.84. The Morgan fingerprint density at radius 1 is 1.31 bits per heavy atom. The molecule has 2 aliphatic rings. The summed E-state index contributed by atoms with van der Waals surface area (Å²) in [5.41, 5.74) is 0. The molecule has 2 rings (SSSR count). The lowest BCUT2D eigenvalue weighted by molar-refractivity contribution is 0.219. The summed E-state index contributed by atoms with van der Waals surface area (Å²) in [5.74, 6) is 4.51. The molecular formula is C13H26N2S. The lowest BCUT2D eigenvalue weighted by Crippen LogP contribution is -2.35. The van der Waals surface area contributed by atoms with Crippen LogP contribution in [0.3, 0.4) is 0 Å². The molecule has 2 saturated heterocycles. The second kappa shape index (κ2) is 6.27. The van der Waals surface area contributed by atoms with Crippen molar-refractivity contribution in [1.29, 1.82) is 0 Å². The zero-order chi connectivity index (χ0) is 11.4. The summed E-state index contributed by atoms with van der Waals surface area (Å²) in [4.78, 5) is 2.77. The molecule has 0 spiro atoms. The van der Waals surface area contributed by atoms with Crippen LogP contribution < -0.4 is 5.32 Å². The highest BCUT2D eigenvalue weighted by Gasteiger charge is 2.42. The number of hydrogen-bond donors (Lipinski definition) is 1. The predicted octanol–water partition coefficient (Wildman–Crippen LogP) is 2.06. The quantitative estimate of drug-likeness (QED) is 0.718. The lowest BCUT2D eigenvalue weighted by Gasteiger charge is -2.26. The molecule has 1 N–H and O–H groups in total. The van der Waals surface area contributed by atoms with E-state index in [-0.39, 0.29) is 0 Å². The van der Waals surface area contributed by atoms with Crippen molar-refractivity contribution in [2.75, 3.05) is 37.7 Å². The third-order valence-electron chi connectivity index (χ3n) is 4.18. The molecule has 0 radical (unpaired) electrons. The Labute approximate surface area is 105 Å². The highest BCUT2D eigenvalue weighted by molar-refractivity contribution is 7.99. The van der Waals surface area contributed by atoms with Crippen molar-refractivity contribution < 1.29 is 0 Å². The Hall–Kier alpha value is 0.270. The molecule has 0 saturated carbocycles. The number of thioether (sulfide) groups is 1. The number of nitrogens with zero attached hydrogens (tertiary/aromatic N) is 1. The van der Waals surface area contributed by atoms with Gasteiger partial charge in [-0.3, -0.25) is 4.90 Å². The highest BCUT2D eigenvalue weighted by atomic mass is 32.2. The van der Waals surface area contributed by atoms with Crippen molar-refractivity contribution in [1.82, 2.24) is 10.2 Å². The van der Waals surface area contributed by atoms with Crippen LogP contribution in [-0.2, 0) is 0 Å². The molecule has 0 bridgehead atoms. The number of likely N-dealkylation sites (tertiary alicyclic amines) is 1. The van der Waals surface area contributed by atoms with Crippen LogP contribution in [0.5, 0.6) is 0 Å². The summed E-state index contributed by atoms with van der Waals surface area (Å²) < 4.78 is 0. The molecule has 0 amide bonds. The molecule has 2 fully saturated rings. The van der Waals surface area contributed by atoms with E-state index in [4.69, 9.17) is 0 Å². The fourth-order valence-electron chi connectivity index (χ4n) is 3.44. The van der Waals surface area contributed by atoms with E-state index in [1.165, 1.54) is 50.5 Å². The lowest BCUT2D eigenvalue weighted by atomic mass is 9.93. The molecule has 2 aliphatic heterocycles. The summed E-state index contributed by atoms with van der Waals surface area (Å²) in [7, 11) is 0. The molecule has 94 valence electrons. The van der Waals surface area contributed by atoms with Gasteiger partial charge in [0, 0.05) is 12.6 Å². The highest BCUT2D eigenvalue weighted by Crippen LogP contribution is 2.34. The van der Waals surface area contributed by atoms with Crippen molar-refractivity contribution in [2.45, 2.75) is 32.7 Å². The van der Waals surface area contributed by atoms with Gasteiger partial charge >= 0.3 is 0 Å². The van der Waals surface area contributed by atoms with Crippen molar-refractivity contribution in [2.24, 2.45) is 11.8 Å². The molecule has 3 unspecified atom stereocenters. The van der Waals surface area contributed by atoms with Gasteiger partial charge in [0.2, 0.25) is 0 Å². The van der Waals surface area contributed by atoms with E-state index in [0.29, 0.717) is 0 Å². The summed E-state index contributed by atoms with van der Waals surface area (Å²) in [6.07, 6.45) is 2.71. The van der Waals surface area contributed by atoms with Gasteiger partial charge < -0.3 is 5.32 Å². The van der Waals surface area contributed by atoms with E-state index in [9.17, 15) is 0 Å². The second-order valence-electron chi connectivity index (χ2n) is 5.10. The van der Waals surface area contributed by atoms with Gasteiger partial charge in [-0.15, -0.1) is 0 Å². The van der Waals surface area contributed by atoms with E-state index in [2.05, 4.69) is 35.8 Å². The van der Waals surface area contributed by atoms with Crippen LogP contribution in [0.15, 0.2) is 0 Å².